The summed E-state index contributed by atoms with van der Waals surface area (Å²) < 4.78 is 27.3. The highest BCUT2D eigenvalue weighted by Gasteiger charge is 2.16. The van der Waals surface area contributed by atoms with E-state index in [2.05, 4.69) is 31.9 Å². The average molecular weight is 376 g/mol. The van der Waals surface area contributed by atoms with E-state index in [-0.39, 0.29) is 9.30 Å². The Morgan fingerprint density at radius 2 is 1.67 bits per heavy atom. The van der Waals surface area contributed by atoms with Crippen molar-refractivity contribution in [2.24, 2.45) is 0 Å². The molecule has 18 heavy (non-hydrogen) atoms. The summed E-state index contributed by atoms with van der Waals surface area (Å²) in [6.45, 7) is 0. The average Bonchev–Trinajstić information content (AvgIpc) is 2.35. The Hall–Kier alpha value is -0.740. The van der Waals surface area contributed by atoms with E-state index >= 15 is 0 Å². The van der Waals surface area contributed by atoms with Gasteiger partial charge in [-0.3, -0.25) is 0 Å². The van der Waals surface area contributed by atoms with Crippen LogP contribution >= 0.6 is 31.9 Å². The Kier molecular flexibility index (Phi) is 4.51. The lowest BCUT2D eigenvalue weighted by Gasteiger charge is -2.12. The van der Waals surface area contributed by atoms with Gasteiger partial charge in [-0.25, -0.2) is 8.78 Å². The second-order valence-electron chi connectivity index (χ2n) is 3.95. The Morgan fingerprint density at radius 3 is 2.33 bits per heavy atom. The van der Waals surface area contributed by atoms with Crippen LogP contribution in [0.4, 0.5) is 8.78 Å². The van der Waals surface area contributed by atoms with Crippen molar-refractivity contribution < 1.29 is 8.78 Å². The molecule has 1 unspecified atom stereocenters. The van der Waals surface area contributed by atoms with Gasteiger partial charge in [0.05, 0.1) is 4.47 Å². The molecule has 0 N–H and O–H groups in total. The second kappa shape index (κ2) is 5.93. The standard InChI is InChI=1S/C14H10Br2F2/c15-11(6-9-4-2-1-3-5-9)10-7-14(18)12(16)8-13(10)17/h1-5,7-8,11H,6H2. The minimum absolute atomic E-state index is 0.142. The third-order valence-electron chi connectivity index (χ3n) is 2.63. The Morgan fingerprint density at radius 1 is 1.00 bits per heavy atom. The summed E-state index contributed by atoms with van der Waals surface area (Å²) in [6.07, 6.45) is 0.610. The molecule has 1 atom stereocenters. The van der Waals surface area contributed by atoms with E-state index in [1.807, 2.05) is 30.3 Å². The molecule has 0 saturated heterocycles. The fourth-order valence-corrected chi connectivity index (χ4v) is 2.75. The summed E-state index contributed by atoms with van der Waals surface area (Å²) in [4.78, 5) is -0.248. The third kappa shape index (κ3) is 3.18. The second-order valence-corrected chi connectivity index (χ2v) is 5.90. The Bertz CT molecular complexity index is 541. The first-order valence-electron chi connectivity index (χ1n) is 5.40. The molecule has 2 aromatic carbocycles. The van der Waals surface area contributed by atoms with Crippen molar-refractivity contribution in [3.63, 3.8) is 0 Å². The van der Waals surface area contributed by atoms with E-state index in [9.17, 15) is 8.78 Å². The summed E-state index contributed by atoms with van der Waals surface area (Å²) in [6, 6.07) is 12.1. The molecule has 0 bridgehead atoms. The van der Waals surface area contributed by atoms with Gasteiger partial charge in [-0.15, -0.1) is 0 Å². The monoisotopic (exact) mass is 374 g/mol. The Labute approximate surface area is 121 Å². The fourth-order valence-electron chi connectivity index (χ4n) is 1.71. The molecule has 0 radical (unpaired) electrons. The third-order valence-corrected chi connectivity index (χ3v) is 4.06. The molecule has 4 heteroatoms. The maximum Gasteiger partial charge on any atom is 0.137 e. The number of hydrogen-bond donors (Lipinski definition) is 0. The molecule has 0 saturated carbocycles. The molecule has 0 aromatic heterocycles. The molecule has 0 nitrogen and oxygen atoms in total. The van der Waals surface area contributed by atoms with E-state index < -0.39 is 11.6 Å². The largest absolute Gasteiger partial charge is 0.207 e. The van der Waals surface area contributed by atoms with Gasteiger partial charge >= 0.3 is 0 Å². The topological polar surface area (TPSA) is 0 Å². The van der Waals surface area contributed by atoms with Crippen LogP contribution in [-0.4, -0.2) is 0 Å². The molecule has 0 aliphatic rings. The molecule has 0 fully saturated rings. The van der Waals surface area contributed by atoms with Crippen molar-refractivity contribution in [3.8, 4) is 0 Å². The number of hydrogen-bond acceptors (Lipinski definition) is 0. The molecule has 94 valence electrons. The highest BCUT2D eigenvalue weighted by atomic mass is 79.9. The van der Waals surface area contributed by atoms with Crippen LogP contribution in [0.3, 0.4) is 0 Å². The highest BCUT2D eigenvalue weighted by molar-refractivity contribution is 9.10. The number of benzene rings is 2. The summed E-state index contributed by atoms with van der Waals surface area (Å²) in [5, 5.41) is 0. The van der Waals surface area contributed by atoms with Crippen molar-refractivity contribution in [3.05, 3.63) is 69.7 Å². The SMILES string of the molecule is Fc1cc(C(Br)Cc2ccccc2)c(F)cc1Br. The molecular formula is C14H10Br2F2. The van der Waals surface area contributed by atoms with Crippen LogP contribution in [0.25, 0.3) is 0 Å². The molecule has 0 spiro atoms. The highest BCUT2D eigenvalue weighted by Crippen LogP contribution is 2.31. The minimum atomic E-state index is -0.455. The van der Waals surface area contributed by atoms with Crippen molar-refractivity contribution >= 4 is 31.9 Å². The van der Waals surface area contributed by atoms with Crippen LogP contribution in [0.5, 0.6) is 0 Å². The summed E-state index contributed by atoms with van der Waals surface area (Å²) in [7, 11) is 0. The van der Waals surface area contributed by atoms with Crippen molar-refractivity contribution in [2.75, 3.05) is 0 Å². The van der Waals surface area contributed by atoms with E-state index in [4.69, 9.17) is 0 Å². The van der Waals surface area contributed by atoms with E-state index in [1.165, 1.54) is 6.07 Å². The molecule has 2 rings (SSSR count). The fraction of sp³-hybridized carbons (Fsp3) is 0.143. The van der Waals surface area contributed by atoms with Gasteiger partial charge in [0.15, 0.2) is 0 Å². The van der Waals surface area contributed by atoms with Crippen LogP contribution in [0.2, 0.25) is 0 Å². The molecule has 0 aliphatic heterocycles. The van der Waals surface area contributed by atoms with Gasteiger partial charge in [-0.1, -0.05) is 46.3 Å². The predicted octanol–water partition coefficient (Wildman–Crippen LogP) is 5.41. The lowest BCUT2D eigenvalue weighted by molar-refractivity contribution is 0.579. The van der Waals surface area contributed by atoms with Crippen LogP contribution in [0, 0.1) is 11.6 Å². The van der Waals surface area contributed by atoms with Gasteiger partial charge in [0.1, 0.15) is 11.6 Å². The van der Waals surface area contributed by atoms with Crippen LogP contribution in [0.1, 0.15) is 16.0 Å². The van der Waals surface area contributed by atoms with E-state index in [0.717, 1.165) is 11.6 Å². The number of halogens is 4. The molecule has 0 heterocycles. The maximum atomic E-state index is 13.8. The zero-order chi connectivity index (χ0) is 13.1. The first-order chi connectivity index (χ1) is 8.58. The van der Waals surface area contributed by atoms with Crippen molar-refractivity contribution in [1.82, 2.24) is 0 Å². The maximum absolute atomic E-state index is 13.8. The number of rotatable bonds is 3. The van der Waals surface area contributed by atoms with Gasteiger partial charge in [0, 0.05) is 10.4 Å². The molecular weight excluding hydrogens is 366 g/mol. The lowest BCUT2D eigenvalue weighted by Crippen LogP contribution is -2.00. The molecule has 0 aliphatic carbocycles. The van der Waals surface area contributed by atoms with E-state index in [0.29, 0.717) is 12.0 Å². The molecule has 2 aromatic rings. The van der Waals surface area contributed by atoms with Gasteiger partial charge < -0.3 is 0 Å². The zero-order valence-corrected chi connectivity index (χ0v) is 12.5. The lowest BCUT2D eigenvalue weighted by atomic mass is 10.0. The quantitative estimate of drug-likeness (QED) is 0.497. The molecule has 0 amide bonds. The van der Waals surface area contributed by atoms with Crippen LogP contribution < -0.4 is 0 Å². The van der Waals surface area contributed by atoms with E-state index in [1.54, 1.807) is 0 Å². The smallest absolute Gasteiger partial charge is 0.137 e. The predicted molar refractivity (Wildman–Crippen MR) is 75.9 cm³/mol. The van der Waals surface area contributed by atoms with Crippen molar-refractivity contribution in [1.29, 1.82) is 0 Å². The summed E-state index contributed by atoms with van der Waals surface area (Å²) in [5.41, 5.74) is 1.40. The first-order valence-corrected chi connectivity index (χ1v) is 7.11. The van der Waals surface area contributed by atoms with Gasteiger partial charge in [-0.05, 0) is 40.0 Å². The normalized spacial score (nSPS) is 12.4. The minimum Gasteiger partial charge on any atom is -0.207 e. The van der Waals surface area contributed by atoms with Gasteiger partial charge in [0.25, 0.3) is 0 Å². The summed E-state index contributed by atoms with van der Waals surface area (Å²) >= 11 is 6.38. The summed E-state index contributed by atoms with van der Waals surface area (Å²) in [5.74, 6) is -0.870. The van der Waals surface area contributed by atoms with Crippen LogP contribution in [-0.2, 0) is 6.42 Å². The van der Waals surface area contributed by atoms with Gasteiger partial charge in [0.2, 0.25) is 0 Å². The van der Waals surface area contributed by atoms with Gasteiger partial charge in [-0.2, -0.15) is 0 Å². The van der Waals surface area contributed by atoms with Crippen LogP contribution in [0.15, 0.2) is 46.9 Å². The zero-order valence-electron chi connectivity index (χ0n) is 9.34. The van der Waals surface area contributed by atoms with Crippen molar-refractivity contribution in [2.45, 2.75) is 11.2 Å². The Balaban J connectivity index is 2.24. The number of alkyl halides is 1. The first kappa shape index (κ1) is 13.7.